The minimum Gasteiger partial charge on any atom is -0.301 e. The molecule has 0 saturated carbocycles. The Morgan fingerprint density at radius 1 is 1.18 bits per heavy atom. The van der Waals surface area contributed by atoms with Crippen LogP contribution in [0.4, 0.5) is 0 Å². The summed E-state index contributed by atoms with van der Waals surface area (Å²) < 4.78 is 0. The van der Waals surface area contributed by atoms with E-state index in [1.807, 2.05) is 0 Å². The van der Waals surface area contributed by atoms with Gasteiger partial charge in [-0.25, -0.2) is 0 Å². The van der Waals surface area contributed by atoms with Crippen LogP contribution in [0.2, 0.25) is 0 Å². The normalized spacial score (nSPS) is 36.0. The molecule has 0 aromatic rings. The molecule has 0 radical (unpaired) electrons. The van der Waals surface area contributed by atoms with E-state index in [0.717, 1.165) is 6.04 Å². The molecule has 1 aliphatic heterocycles. The van der Waals surface area contributed by atoms with Gasteiger partial charge in [0.2, 0.25) is 0 Å². The number of hydrogen-bond acceptors (Lipinski definition) is 2. The Balaban J connectivity index is 2.52. The van der Waals surface area contributed by atoms with Crippen LogP contribution in [0.1, 0.15) is 20.8 Å². The lowest BCUT2D eigenvalue weighted by Gasteiger charge is -2.43. The largest absolute Gasteiger partial charge is 0.301 e. The Morgan fingerprint density at radius 3 is 2.36 bits per heavy atom. The SMILES string of the molecule is CCN1CCN(C)C(C)C1C. The van der Waals surface area contributed by atoms with E-state index >= 15 is 0 Å². The molecule has 2 heteroatoms. The fourth-order valence-corrected chi connectivity index (χ4v) is 1.81. The monoisotopic (exact) mass is 156 g/mol. The highest BCUT2D eigenvalue weighted by molar-refractivity contribution is 4.83. The lowest BCUT2D eigenvalue weighted by Crippen LogP contribution is -2.55. The highest BCUT2D eigenvalue weighted by Crippen LogP contribution is 2.13. The summed E-state index contributed by atoms with van der Waals surface area (Å²) in [6.45, 7) is 10.5. The first-order valence-electron chi connectivity index (χ1n) is 4.61. The van der Waals surface area contributed by atoms with Crippen molar-refractivity contribution in [2.75, 3.05) is 26.7 Å². The summed E-state index contributed by atoms with van der Waals surface area (Å²) in [7, 11) is 2.22. The van der Waals surface area contributed by atoms with Crippen molar-refractivity contribution >= 4 is 0 Å². The third-order valence-corrected chi connectivity index (χ3v) is 3.12. The third kappa shape index (κ3) is 1.74. The van der Waals surface area contributed by atoms with E-state index in [9.17, 15) is 0 Å². The molecule has 2 unspecified atom stereocenters. The van der Waals surface area contributed by atoms with E-state index in [1.165, 1.54) is 19.6 Å². The predicted octanol–water partition coefficient (Wildman–Crippen LogP) is 1.03. The molecule has 0 aromatic heterocycles. The molecule has 0 spiro atoms. The van der Waals surface area contributed by atoms with Gasteiger partial charge in [0.05, 0.1) is 0 Å². The molecule has 1 aliphatic rings. The summed E-state index contributed by atoms with van der Waals surface area (Å²) in [5, 5.41) is 0. The lowest BCUT2D eigenvalue weighted by molar-refractivity contribution is 0.0567. The standard InChI is InChI=1S/C9H20N2/c1-5-11-7-6-10(4)8(2)9(11)3/h8-9H,5-7H2,1-4H3. The van der Waals surface area contributed by atoms with Gasteiger partial charge in [-0.1, -0.05) is 6.92 Å². The van der Waals surface area contributed by atoms with E-state index in [1.54, 1.807) is 0 Å². The highest BCUT2D eigenvalue weighted by Gasteiger charge is 2.26. The van der Waals surface area contributed by atoms with Crippen LogP contribution < -0.4 is 0 Å². The molecule has 0 aromatic carbocycles. The Kier molecular flexibility index (Phi) is 2.90. The first-order chi connectivity index (χ1) is 5.16. The van der Waals surface area contributed by atoms with Crippen LogP contribution >= 0.6 is 0 Å². The minimum atomic E-state index is 0.712. The summed E-state index contributed by atoms with van der Waals surface area (Å²) in [5.41, 5.74) is 0. The Morgan fingerprint density at radius 2 is 1.82 bits per heavy atom. The minimum absolute atomic E-state index is 0.712. The van der Waals surface area contributed by atoms with Crippen molar-refractivity contribution < 1.29 is 0 Å². The van der Waals surface area contributed by atoms with Crippen LogP contribution in [0.5, 0.6) is 0 Å². The zero-order chi connectivity index (χ0) is 8.43. The van der Waals surface area contributed by atoms with Crippen molar-refractivity contribution in [3.63, 3.8) is 0 Å². The maximum atomic E-state index is 2.55. The second-order valence-electron chi connectivity index (χ2n) is 3.59. The molecule has 1 rings (SSSR count). The molecular formula is C9H20N2. The molecule has 1 fully saturated rings. The van der Waals surface area contributed by atoms with E-state index in [-0.39, 0.29) is 0 Å². The van der Waals surface area contributed by atoms with E-state index in [4.69, 9.17) is 0 Å². The van der Waals surface area contributed by atoms with Crippen LogP contribution in [0.3, 0.4) is 0 Å². The number of nitrogens with zero attached hydrogens (tertiary/aromatic N) is 2. The summed E-state index contributed by atoms with van der Waals surface area (Å²) >= 11 is 0. The van der Waals surface area contributed by atoms with Gasteiger partial charge >= 0.3 is 0 Å². The summed E-state index contributed by atoms with van der Waals surface area (Å²) in [6.07, 6.45) is 0. The van der Waals surface area contributed by atoms with Crippen molar-refractivity contribution in [3.8, 4) is 0 Å². The lowest BCUT2D eigenvalue weighted by atomic mass is 10.1. The molecular weight excluding hydrogens is 136 g/mol. The van der Waals surface area contributed by atoms with Crippen molar-refractivity contribution in [1.82, 2.24) is 9.80 Å². The Hall–Kier alpha value is -0.0800. The fourth-order valence-electron chi connectivity index (χ4n) is 1.81. The van der Waals surface area contributed by atoms with Gasteiger partial charge in [-0.15, -0.1) is 0 Å². The van der Waals surface area contributed by atoms with Gasteiger partial charge < -0.3 is 4.90 Å². The molecule has 0 bridgehead atoms. The van der Waals surface area contributed by atoms with Gasteiger partial charge in [0, 0.05) is 25.2 Å². The van der Waals surface area contributed by atoms with E-state index < -0.39 is 0 Å². The zero-order valence-electron chi connectivity index (χ0n) is 8.17. The molecule has 66 valence electrons. The molecule has 0 aliphatic carbocycles. The van der Waals surface area contributed by atoms with Crippen LogP contribution in [0, 0.1) is 0 Å². The average Bonchev–Trinajstić information content (AvgIpc) is 2.01. The average molecular weight is 156 g/mol. The summed E-state index contributed by atoms with van der Waals surface area (Å²) in [6, 6.07) is 1.43. The number of rotatable bonds is 1. The molecule has 11 heavy (non-hydrogen) atoms. The summed E-state index contributed by atoms with van der Waals surface area (Å²) in [4.78, 5) is 4.99. The van der Waals surface area contributed by atoms with Crippen LogP contribution in [-0.4, -0.2) is 48.6 Å². The van der Waals surface area contributed by atoms with Crippen LogP contribution in [0.25, 0.3) is 0 Å². The quantitative estimate of drug-likeness (QED) is 0.559. The van der Waals surface area contributed by atoms with Crippen LogP contribution in [-0.2, 0) is 0 Å². The van der Waals surface area contributed by atoms with E-state index in [2.05, 4.69) is 37.6 Å². The first-order valence-corrected chi connectivity index (χ1v) is 4.61. The van der Waals surface area contributed by atoms with Gasteiger partial charge in [-0.05, 0) is 27.4 Å². The zero-order valence-corrected chi connectivity index (χ0v) is 8.17. The van der Waals surface area contributed by atoms with Crippen molar-refractivity contribution in [2.24, 2.45) is 0 Å². The van der Waals surface area contributed by atoms with Gasteiger partial charge in [-0.3, -0.25) is 4.90 Å². The molecule has 2 atom stereocenters. The predicted molar refractivity (Wildman–Crippen MR) is 48.8 cm³/mol. The fraction of sp³-hybridized carbons (Fsp3) is 1.00. The Bertz CT molecular complexity index is 123. The topological polar surface area (TPSA) is 6.48 Å². The highest BCUT2D eigenvalue weighted by atomic mass is 15.3. The molecule has 1 heterocycles. The Labute approximate surface area is 70.2 Å². The number of hydrogen-bond donors (Lipinski definition) is 0. The number of likely N-dealkylation sites (N-methyl/N-ethyl adjacent to an activating group) is 2. The maximum Gasteiger partial charge on any atom is 0.0220 e. The second kappa shape index (κ2) is 3.55. The maximum absolute atomic E-state index is 2.55. The van der Waals surface area contributed by atoms with Gasteiger partial charge in [-0.2, -0.15) is 0 Å². The second-order valence-corrected chi connectivity index (χ2v) is 3.59. The molecule has 0 amide bonds. The summed E-state index contributed by atoms with van der Waals surface area (Å²) in [5.74, 6) is 0. The van der Waals surface area contributed by atoms with Gasteiger partial charge in [0.25, 0.3) is 0 Å². The molecule has 0 N–H and O–H groups in total. The molecule has 2 nitrogen and oxygen atoms in total. The smallest absolute Gasteiger partial charge is 0.0220 e. The third-order valence-electron chi connectivity index (χ3n) is 3.12. The van der Waals surface area contributed by atoms with E-state index in [0.29, 0.717) is 6.04 Å². The van der Waals surface area contributed by atoms with Gasteiger partial charge in [0.15, 0.2) is 0 Å². The van der Waals surface area contributed by atoms with Crippen molar-refractivity contribution in [1.29, 1.82) is 0 Å². The van der Waals surface area contributed by atoms with Crippen LogP contribution in [0.15, 0.2) is 0 Å². The van der Waals surface area contributed by atoms with Crippen molar-refractivity contribution in [3.05, 3.63) is 0 Å². The van der Waals surface area contributed by atoms with Gasteiger partial charge in [0.1, 0.15) is 0 Å². The van der Waals surface area contributed by atoms with Crippen molar-refractivity contribution in [2.45, 2.75) is 32.9 Å². The first kappa shape index (κ1) is 9.01. The molecule has 1 saturated heterocycles. The number of piperazine rings is 1.